The Labute approximate surface area is 180 Å². The number of hydrogen-bond acceptors (Lipinski definition) is 6. The first-order valence-electron chi connectivity index (χ1n) is 9.18. The standard InChI is InChI=1S/C21H16F2N6OS/c1-13-2-5-15(6-3-13)29-20(18-11-24-8-9-25-18)27-28-21(29)31-12-19(30)26-17-7-4-14(22)10-16(17)23/h2-11H,12H2,1H3,(H,26,30). The van der Waals surface area contributed by atoms with Gasteiger partial charge in [-0.05, 0) is 31.2 Å². The zero-order chi connectivity index (χ0) is 21.8. The molecule has 0 bridgehead atoms. The number of hydrogen-bond donors (Lipinski definition) is 1. The lowest BCUT2D eigenvalue weighted by atomic mass is 10.2. The topological polar surface area (TPSA) is 85.6 Å². The Morgan fingerprint density at radius 3 is 2.61 bits per heavy atom. The number of carbonyl (C=O) groups excluding carboxylic acids is 1. The van der Waals surface area contributed by atoms with Gasteiger partial charge in [-0.15, -0.1) is 10.2 Å². The molecule has 0 saturated carbocycles. The van der Waals surface area contributed by atoms with Gasteiger partial charge in [0, 0.05) is 24.1 Å². The van der Waals surface area contributed by atoms with Gasteiger partial charge in [-0.25, -0.2) is 13.8 Å². The summed E-state index contributed by atoms with van der Waals surface area (Å²) in [5.41, 5.74) is 2.32. The maximum absolute atomic E-state index is 13.8. The van der Waals surface area contributed by atoms with E-state index in [1.54, 1.807) is 23.2 Å². The molecule has 0 aliphatic rings. The van der Waals surface area contributed by atoms with E-state index in [1.165, 1.54) is 6.07 Å². The number of aromatic nitrogens is 5. The zero-order valence-electron chi connectivity index (χ0n) is 16.3. The van der Waals surface area contributed by atoms with Gasteiger partial charge in [-0.3, -0.25) is 14.3 Å². The first-order chi connectivity index (χ1) is 15.0. The van der Waals surface area contributed by atoms with Crippen molar-refractivity contribution in [1.29, 1.82) is 0 Å². The number of nitrogens with one attached hydrogen (secondary N) is 1. The highest BCUT2D eigenvalue weighted by Gasteiger charge is 2.18. The molecule has 2 heterocycles. The quantitative estimate of drug-likeness (QED) is 0.457. The third-order valence-corrected chi connectivity index (χ3v) is 5.18. The Hall–Kier alpha value is -3.66. The number of halogens is 2. The van der Waals surface area contributed by atoms with Gasteiger partial charge >= 0.3 is 0 Å². The summed E-state index contributed by atoms with van der Waals surface area (Å²) in [5, 5.41) is 11.3. The first kappa shape index (κ1) is 20.6. The minimum absolute atomic E-state index is 0.0543. The predicted molar refractivity (Wildman–Crippen MR) is 113 cm³/mol. The van der Waals surface area contributed by atoms with Crippen LogP contribution >= 0.6 is 11.8 Å². The smallest absolute Gasteiger partial charge is 0.234 e. The van der Waals surface area contributed by atoms with Gasteiger partial charge in [0.1, 0.15) is 17.3 Å². The van der Waals surface area contributed by atoms with Crippen molar-refractivity contribution in [1.82, 2.24) is 24.7 Å². The van der Waals surface area contributed by atoms with Crippen LogP contribution in [-0.2, 0) is 4.79 Å². The fraction of sp³-hybridized carbons (Fsp3) is 0.0952. The fourth-order valence-corrected chi connectivity index (χ4v) is 3.53. The molecule has 0 spiro atoms. The Morgan fingerprint density at radius 2 is 1.90 bits per heavy atom. The third-order valence-electron chi connectivity index (χ3n) is 4.26. The third kappa shape index (κ3) is 4.75. The highest BCUT2D eigenvalue weighted by molar-refractivity contribution is 7.99. The van der Waals surface area contributed by atoms with E-state index in [0.717, 1.165) is 29.1 Å². The van der Waals surface area contributed by atoms with Crippen molar-refractivity contribution in [3.05, 3.63) is 78.3 Å². The van der Waals surface area contributed by atoms with Crippen molar-refractivity contribution >= 4 is 23.4 Å². The Morgan fingerprint density at radius 1 is 1.10 bits per heavy atom. The summed E-state index contributed by atoms with van der Waals surface area (Å²) in [6, 6.07) is 10.7. The van der Waals surface area contributed by atoms with Gasteiger partial charge in [-0.2, -0.15) is 0 Å². The Balaban J connectivity index is 1.58. The van der Waals surface area contributed by atoms with Gasteiger partial charge < -0.3 is 5.32 Å². The number of carbonyl (C=O) groups is 1. The van der Waals surface area contributed by atoms with Gasteiger partial charge in [0.25, 0.3) is 0 Å². The molecule has 0 radical (unpaired) electrons. The number of nitrogens with zero attached hydrogens (tertiary/aromatic N) is 5. The highest BCUT2D eigenvalue weighted by atomic mass is 32.2. The second kappa shape index (κ2) is 9.00. The molecule has 0 fully saturated rings. The van der Waals surface area contributed by atoms with Gasteiger partial charge in [0.15, 0.2) is 11.0 Å². The summed E-state index contributed by atoms with van der Waals surface area (Å²) < 4.78 is 28.6. The summed E-state index contributed by atoms with van der Waals surface area (Å²) in [7, 11) is 0. The number of aryl methyl sites for hydroxylation is 1. The molecule has 0 atom stereocenters. The second-order valence-corrected chi connectivity index (χ2v) is 7.47. The summed E-state index contributed by atoms with van der Waals surface area (Å²) in [5.74, 6) is -1.60. The second-order valence-electron chi connectivity index (χ2n) is 6.53. The number of rotatable bonds is 6. The molecule has 0 unspecified atom stereocenters. The highest BCUT2D eigenvalue weighted by Crippen LogP contribution is 2.27. The summed E-state index contributed by atoms with van der Waals surface area (Å²) in [4.78, 5) is 20.7. The van der Waals surface area contributed by atoms with Crippen molar-refractivity contribution in [3.8, 4) is 17.2 Å². The van der Waals surface area contributed by atoms with Crippen LogP contribution in [-0.4, -0.2) is 36.4 Å². The minimum Gasteiger partial charge on any atom is -0.323 e. The van der Waals surface area contributed by atoms with Crippen LogP contribution in [0.1, 0.15) is 5.56 Å². The molecular weight excluding hydrogens is 422 g/mol. The van der Waals surface area contributed by atoms with Crippen molar-refractivity contribution < 1.29 is 13.6 Å². The Bertz CT molecular complexity index is 1210. The van der Waals surface area contributed by atoms with Crippen LogP contribution in [0.15, 0.2) is 66.2 Å². The molecule has 0 aliphatic heterocycles. The van der Waals surface area contributed by atoms with Crippen molar-refractivity contribution in [2.75, 3.05) is 11.1 Å². The molecule has 0 saturated heterocycles. The average Bonchev–Trinajstić information content (AvgIpc) is 3.19. The molecule has 1 amide bonds. The van der Waals surface area contributed by atoms with Crippen LogP contribution < -0.4 is 5.32 Å². The lowest BCUT2D eigenvalue weighted by Crippen LogP contribution is -2.15. The normalized spacial score (nSPS) is 10.8. The molecule has 2 aromatic carbocycles. The Kier molecular flexibility index (Phi) is 5.99. The van der Waals surface area contributed by atoms with E-state index in [0.29, 0.717) is 22.7 Å². The molecule has 0 aliphatic carbocycles. The van der Waals surface area contributed by atoms with Crippen LogP contribution in [0.25, 0.3) is 17.2 Å². The molecule has 31 heavy (non-hydrogen) atoms. The SMILES string of the molecule is Cc1ccc(-n2c(SCC(=O)Nc3ccc(F)cc3F)nnc2-c2cnccn2)cc1. The fourth-order valence-electron chi connectivity index (χ4n) is 2.78. The lowest BCUT2D eigenvalue weighted by Gasteiger charge is -2.10. The zero-order valence-corrected chi connectivity index (χ0v) is 17.1. The van der Waals surface area contributed by atoms with E-state index in [9.17, 15) is 13.6 Å². The molecule has 4 rings (SSSR count). The summed E-state index contributed by atoms with van der Waals surface area (Å²) in [6.45, 7) is 1.98. The van der Waals surface area contributed by atoms with E-state index in [2.05, 4.69) is 25.5 Å². The summed E-state index contributed by atoms with van der Waals surface area (Å²) >= 11 is 1.13. The largest absolute Gasteiger partial charge is 0.323 e. The van der Waals surface area contributed by atoms with Crippen LogP contribution in [0.4, 0.5) is 14.5 Å². The molecule has 156 valence electrons. The average molecular weight is 438 g/mol. The summed E-state index contributed by atoms with van der Waals surface area (Å²) in [6.07, 6.45) is 4.69. The number of amides is 1. The predicted octanol–water partition coefficient (Wildman–Crippen LogP) is 4.04. The number of benzene rings is 2. The molecule has 2 aromatic heterocycles. The molecular formula is C21H16F2N6OS. The number of anilines is 1. The van der Waals surface area contributed by atoms with E-state index in [-0.39, 0.29) is 11.4 Å². The van der Waals surface area contributed by atoms with Crippen molar-refractivity contribution in [3.63, 3.8) is 0 Å². The van der Waals surface area contributed by atoms with Crippen molar-refractivity contribution in [2.24, 2.45) is 0 Å². The van der Waals surface area contributed by atoms with Crippen LogP contribution in [0.2, 0.25) is 0 Å². The molecule has 4 aromatic rings. The maximum atomic E-state index is 13.8. The maximum Gasteiger partial charge on any atom is 0.234 e. The lowest BCUT2D eigenvalue weighted by molar-refractivity contribution is -0.113. The van der Waals surface area contributed by atoms with Gasteiger partial charge in [0.2, 0.25) is 5.91 Å². The van der Waals surface area contributed by atoms with Gasteiger partial charge in [0.05, 0.1) is 17.6 Å². The van der Waals surface area contributed by atoms with Crippen LogP contribution in [0.3, 0.4) is 0 Å². The molecule has 7 nitrogen and oxygen atoms in total. The number of thioether (sulfide) groups is 1. The minimum atomic E-state index is -0.842. The van der Waals surface area contributed by atoms with E-state index >= 15 is 0 Å². The molecule has 10 heteroatoms. The van der Waals surface area contributed by atoms with Gasteiger partial charge in [-0.1, -0.05) is 29.5 Å². The van der Waals surface area contributed by atoms with E-state index in [1.807, 2.05) is 31.2 Å². The van der Waals surface area contributed by atoms with Crippen LogP contribution in [0, 0.1) is 18.6 Å². The van der Waals surface area contributed by atoms with E-state index < -0.39 is 17.5 Å². The van der Waals surface area contributed by atoms with Crippen LogP contribution in [0.5, 0.6) is 0 Å². The van der Waals surface area contributed by atoms with Crippen molar-refractivity contribution in [2.45, 2.75) is 12.1 Å². The van der Waals surface area contributed by atoms with E-state index in [4.69, 9.17) is 0 Å². The molecule has 1 N–H and O–H groups in total. The monoisotopic (exact) mass is 438 g/mol. The first-order valence-corrected chi connectivity index (χ1v) is 10.2.